The first-order valence-electron chi connectivity index (χ1n) is 8.13. The standard InChI is InChI=1S/C18H28N2O/c1-13-7-8-14(2)17(9-13)10-18(21)20-12-16-6-4-3-5-15(16)11-19/h7-9,15-16H,3-6,10-12,19H2,1-2H3,(H,20,21). The zero-order chi connectivity index (χ0) is 15.2. The molecule has 21 heavy (non-hydrogen) atoms. The number of carbonyl (C=O) groups is 1. The number of rotatable bonds is 5. The monoisotopic (exact) mass is 288 g/mol. The SMILES string of the molecule is Cc1ccc(C)c(CC(=O)NCC2CCCCC2CN)c1. The average Bonchev–Trinajstić information content (AvgIpc) is 2.49. The van der Waals surface area contributed by atoms with Crippen LogP contribution in [0.4, 0.5) is 0 Å². The lowest BCUT2D eigenvalue weighted by Crippen LogP contribution is -2.37. The van der Waals surface area contributed by atoms with Gasteiger partial charge in [0, 0.05) is 6.54 Å². The van der Waals surface area contributed by atoms with Gasteiger partial charge in [0.2, 0.25) is 5.91 Å². The van der Waals surface area contributed by atoms with Gasteiger partial charge in [-0.3, -0.25) is 4.79 Å². The van der Waals surface area contributed by atoms with Crippen molar-refractivity contribution in [1.82, 2.24) is 5.32 Å². The summed E-state index contributed by atoms with van der Waals surface area (Å²) in [5.41, 5.74) is 9.37. The maximum atomic E-state index is 12.2. The van der Waals surface area contributed by atoms with E-state index >= 15 is 0 Å². The summed E-state index contributed by atoms with van der Waals surface area (Å²) in [6, 6.07) is 6.28. The van der Waals surface area contributed by atoms with Crippen LogP contribution in [0, 0.1) is 25.7 Å². The fraction of sp³-hybridized carbons (Fsp3) is 0.611. The molecule has 2 atom stereocenters. The molecule has 3 heteroatoms. The Balaban J connectivity index is 1.85. The van der Waals surface area contributed by atoms with E-state index in [4.69, 9.17) is 5.73 Å². The van der Waals surface area contributed by atoms with Gasteiger partial charge < -0.3 is 11.1 Å². The van der Waals surface area contributed by atoms with E-state index in [2.05, 4.69) is 37.4 Å². The summed E-state index contributed by atoms with van der Waals surface area (Å²) in [5, 5.41) is 3.12. The van der Waals surface area contributed by atoms with Gasteiger partial charge in [-0.15, -0.1) is 0 Å². The fourth-order valence-electron chi connectivity index (χ4n) is 3.33. The van der Waals surface area contributed by atoms with Gasteiger partial charge >= 0.3 is 0 Å². The zero-order valence-corrected chi connectivity index (χ0v) is 13.3. The van der Waals surface area contributed by atoms with Crippen molar-refractivity contribution < 1.29 is 4.79 Å². The Bertz CT molecular complexity index is 484. The van der Waals surface area contributed by atoms with Crippen LogP contribution >= 0.6 is 0 Å². The highest BCUT2D eigenvalue weighted by molar-refractivity contribution is 5.79. The molecule has 116 valence electrons. The van der Waals surface area contributed by atoms with Crippen LogP contribution in [0.2, 0.25) is 0 Å². The van der Waals surface area contributed by atoms with Gasteiger partial charge in [0.05, 0.1) is 6.42 Å². The Morgan fingerprint density at radius 3 is 2.67 bits per heavy atom. The lowest BCUT2D eigenvalue weighted by atomic mass is 9.79. The molecule has 3 N–H and O–H groups in total. The molecular formula is C18H28N2O. The van der Waals surface area contributed by atoms with Gasteiger partial charge in [-0.2, -0.15) is 0 Å². The summed E-state index contributed by atoms with van der Waals surface area (Å²) in [6.45, 7) is 5.66. The summed E-state index contributed by atoms with van der Waals surface area (Å²) >= 11 is 0. The molecule has 1 aromatic rings. The second-order valence-corrected chi connectivity index (χ2v) is 6.45. The van der Waals surface area contributed by atoms with Crippen LogP contribution in [0.1, 0.15) is 42.4 Å². The molecule has 0 aliphatic heterocycles. The maximum Gasteiger partial charge on any atom is 0.224 e. The molecule has 2 rings (SSSR count). The van der Waals surface area contributed by atoms with Crippen molar-refractivity contribution in [1.29, 1.82) is 0 Å². The number of nitrogens with one attached hydrogen (secondary N) is 1. The number of aryl methyl sites for hydroxylation is 2. The summed E-state index contributed by atoms with van der Waals surface area (Å²) in [6.07, 6.45) is 5.45. The fourth-order valence-corrected chi connectivity index (χ4v) is 3.33. The molecule has 1 aromatic carbocycles. The lowest BCUT2D eigenvalue weighted by molar-refractivity contribution is -0.120. The molecule has 1 fully saturated rings. The number of benzene rings is 1. The minimum Gasteiger partial charge on any atom is -0.356 e. The van der Waals surface area contributed by atoms with Crippen LogP contribution in [-0.4, -0.2) is 19.0 Å². The Morgan fingerprint density at radius 1 is 1.24 bits per heavy atom. The van der Waals surface area contributed by atoms with Gasteiger partial charge in [0.1, 0.15) is 0 Å². The normalized spacial score (nSPS) is 22.0. The second-order valence-electron chi connectivity index (χ2n) is 6.45. The quantitative estimate of drug-likeness (QED) is 0.875. The largest absolute Gasteiger partial charge is 0.356 e. The second kappa shape index (κ2) is 7.60. The minimum absolute atomic E-state index is 0.130. The summed E-state index contributed by atoms with van der Waals surface area (Å²) in [5.74, 6) is 1.27. The predicted octanol–water partition coefficient (Wildman–Crippen LogP) is 2.73. The van der Waals surface area contributed by atoms with Crippen molar-refractivity contribution in [2.75, 3.05) is 13.1 Å². The van der Waals surface area contributed by atoms with E-state index in [0.717, 1.165) is 18.7 Å². The van der Waals surface area contributed by atoms with Crippen molar-refractivity contribution in [2.24, 2.45) is 17.6 Å². The maximum absolute atomic E-state index is 12.2. The first-order valence-corrected chi connectivity index (χ1v) is 8.13. The smallest absolute Gasteiger partial charge is 0.224 e. The van der Waals surface area contributed by atoms with Crippen molar-refractivity contribution in [3.8, 4) is 0 Å². The Hall–Kier alpha value is -1.35. The van der Waals surface area contributed by atoms with E-state index in [1.807, 2.05) is 0 Å². The highest BCUT2D eigenvalue weighted by Gasteiger charge is 2.24. The van der Waals surface area contributed by atoms with Gasteiger partial charge in [-0.05, 0) is 56.2 Å². The van der Waals surface area contributed by atoms with E-state index in [0.29, 0.717) is 18.3 Å². The molecular weight excluding hydrogens is 260 g/mol. The molecule has 3 nitrogen and oxygen atoms in total. The van der Waals surface area contributed by atoms with Crippen molar-refractivity contribution in [2.45, 2.75) is 46.0 Å². The van der Waals surface area contributed by atoms with Gasteiger partial charge in [-0.1, -0.05) is 36.6 Å². The van der Waals surface area contributed by atoms with E-state index in [1.54, 1.807) is 0 Å². The first-order chi connectivity index (χ1) is 10.1. The predicted molar refractivity (Wildman–Crippen MR) is 87.1 cm³/mol. The van der Waals surface area contributed by atoms with Crippen LogP contribution in [0.5, 0.6) is 0 Å². The van der Waals surface area contributed by atoms with Gasteiger partial charge in [-0.25, -0.2) is 0 Å². The molecule has 0 spiro atoms. The van der Waals surface area contributed by atoms with E-state index in [9.17, 15) is 4.79 Å². The van der Waals surface area contributed by atoms with Gasteiger partial charge in [0.15, 0.2) is 0 Å². The number of amides is 1. The van der Waals surface area contributed by atoms with Crippen LogP contribution in [-0.2, 0) is 11.2 Å². The van der Waals surface area contributed by atoms with E-state index in [-0.39, 0.29) is 5.91 Å². The third-order valence-electron chi connectivity index (χ3n) is 4.79. The Morgan fingerprint density at radius 2 is 1.95 bits per heavy atom. The highest BCUT2D eigenvalue weighted by Crippen LogP contribution is 2.28. The topological polar surface area (TPSA) is 55.1 Å². The summed E-state index contributed by atoms with van der Waals surface area (Å²) in [4.78, 5) is 12.2. The van der Waals surface area contributed by atoms with Crippen molar-refractivity contribution in [3.05, 3.63) is 34.9 Å². The molecule has 1 aliphatic carbocycles. The average molecular weight is 288 g/mol. The summed E-state index contributed by atoms with van der Waals surface area (Å²) < 4.78 is 0. The molecule has 1 saturated carbocycles. The van der Waals surface area contributed by atoms with Crippen LogP contribution in [0.3, 0.4) is 0 Å². The lowest BCUT2D eigenvalue weighted by Gasteiger charge is -2.30. The molecule has 1 amide bonds. The zero-order valence-electron chi connectivity index (χ0n) is 13.3. The number of hydrogen-bond donors (Lipinski definition) is 2. The molecule has 0 aromatic heterocycles. The third-order valence-corrected chi connectivity index (χ3v) is 4.79. The Labute approximate surface area is 128 Å². The van der Waals surface area contributed by atoms with Gasteiger partial charge in [0.25, 0.3) is 0 Å². The minimum atomic E-state index is 0.130. The summed E-state index contributed by atoms with van der Waals surface area (Å²) in [7, 11) is 0. The van der Waals surface area contributed by atoms with Crippen molar-refractivity contribution >= 4 is 5.91 Å². The molecule has 2 unspecified atom stereocenters. The van der Waals surface area contributed by atoms with E-state index in [1.165, 1.54) is 36.8 Å². The Kier molecular flexibility index (Phi) is 5.80. The number of hydrogen-bond acceptors (Lipinski definition) is 2. The van der Waals surface area contributed by atoms with E-state index < -0.39 is 0 Å². The van der Waals surface area contributed by atoms with Crippen molar-refractivity contribution in [3.63, 3.8) is 0 Å². The van der Waals surface area contributed by atoms with Crippen LogP contribution < -0.4 is 11.1 Å². The highest BCUT2D eigenvalue weighted by atomic mass is 16.1. The molecule has 0 heterocycles. The first kappa shape index (κ1) is 16.0. The molecule has 0 bridgehead atoms. The number of carbonyl (C=O) groups excluding carboxylic acids is 1. The van der Waals surface area contributed by atoms with Crippen LogP contribution in [0.25, 0.3) is 0 Å². The molecule has 0 radical (unpaired) electrons. The number of nitrogens with two attached hydrogens (primary N) is 1. The molecule has 0 saturated heterocycles. The molecule has 1 aliphatic rings. The van der Waals surface area contributed by atoms with Crippen LogP contribution in [0.15, 0.2) is 18.2 Å². The third kappa shape index (κ3) is 4.57.